The molecule has 2 N–H and O–H groups in total. The van der Waals surface area contributed by atoms with Crippen molar-refractivity contribution in [1.82, 2.24) is 0 Å². The summed E-state index contributed by atoms with van der Waals surface area (Å²) in [6.45, 7) is 4.02. The maximum Gasteiger partial charge on any atom is 0.310 e. The van der Waals surface area contributed by atoms with Crippen molar-refractivity contribution in [2.24, 2.45) is 23.7 Å². The normalized spacial score (nSPS) is 30.2. The van der Waals surface area contributed by atoms with E-state index < -0.39 is 5.92 Å². The first-order chi connectivity index (χ1) is 14.8. The van der Waals surface area contributed by atoms with Gasteiger partial charge in [-0.3, -0.25) is 14.4 Å². The van der Waals surface area contributed by atoms with E-state index in [2.05, 4.69) is 26.6 Å². The van der Waals surface area contributed by atoms with Crippen molar-refractivity contribution in [3.05, 3.63) is 59.2 Å². The number of benzene rings is 2. The van der Waals surface area contributed by atoms with E-state index in [0.29, 0.717) is 11.3 Å². The third kappa shape index (κ3) is 3.35. The standard InChI is InChI=1S/C24H23BrN2O4/c1-11-6-7-15(8-12(11)2)26-22(28)13-4-3-5-14(9-13)27-23(29)18-16-10-17-19(18)24(30)31-21(17)20(16)25/h3-9,16-21H,10H2,1-2H3,(H,26,28)(H,27,29)/t16-,17-,18-,19+,20+,21+/m1/s1. The quantitative estimate of drug-likeness (QED) is 0.508. The first kappa shape index (κ1) is 20.2. The summed E-state index contributed by atoms with van der Waals surface area (Å²) in [6, 6.07) is 12.6. The van der Waals surface area contributed by atoms with E-state index in [0.717, 1.165) is 23.2 Å². The second-order valence-corrected chi connectivity index (χ2v) is 9.84. The van der Waals surface area contributed by atoms with Crippen LogP contribution in [0.1, 0.15) is 27.9 Å². The van der Waals surface area contributed by atoms with Gasteiger partial charge in [0.1, 0.15) is 6.10 Å². The zero-order valence-electron chi connectivity index (χ0n) is 17.2. The van der Waals surface area contributed by atoms with Crippen molar-refractivity contribution in [1.29, 1.82) is 0 Å². The number of nitrogens with one attached hydrogen (secondary N) is 2. The van der Waals surface area contributed by atoms with Crippen LogP contribution >= 0.6 is 15.9 Å². The molecule has 1 saturated heterocycles. The molecule has 0 unspecified atom stereocenters. The Labute approximate surface area is 188 Å². The molecule has 3 fully saturated rings. The Kier molecular flexibility index (Phi) is 4.88. The van der Waals surface area contributed by atoms with E-state index in [1.165, 1.54) is 0 Å². The highest BCUT2D eigenvalue weighted by molar-refractivity contribution is 9.09. The van der Waals surface area contributed by atoms with Gasteiger partial charge in [-0.15, -0.1) is 0 Å². The van der Waals surface area contributed by atoms with Crippen LogP contribution in [0.15, 0.2) is 42.5 Å². The third-order valence-corrected chi connectivity index (χ3v) is 8.18. The Balaban J connectivity index is 1.30. The molecule has 1 heterocycles. The van der Waals surface area contributed by atoms with Crippen LogP contribution in [0.5, 0.6) is 0 Å². The number of amides is 2. The van der Waals surface area contributed by atoms with Crippen molar-refractivity contribution in [3.63, 3.8) is 0 Å². The van der Waals surface area contributed by atoms with Crippen molar-refractivity contribution in [3.8, 4) is 0 Å². The molecule has 31 heavy (non-hydrogen) atoms. The zero-order chi connectivity index (χ0) is 21.9. The molecule has 0 radical (unpaired) electrons. The lowest BCUT2D eigenvalue weighted by Crippen LogP contribution is -2.40. The molecule has 2 aliphatic carbocycles. The van der Waals surface area contributed by atoms with Gasteiger partial charge in [-0.1, -0.05) is 28.1 Å². The van der Waals surface area contributed by atoms with E-state index in [1.807, 2.05) is 32.0 Å². The van der Waals surface area contributed by atoms with Gasteiger partial charge in [0.2, 0.25) is 5.91 Å². The lowest BCUT2D eigenvalue weighted by molar-refractivity contribution is -0.145. The molecule has 3 aliphatic rings. The van der Waals surface area contributed by atoms with E-state index >= 15 is 0 Å². The highest BCUT2D eigenvalue weighted by Crippen LogP contribution is 2.60. The highest BCUT2D eigenvalue weighted by atomic mass is 79.9. The van der Waals surface area contributed by atoms with E-state index in [9.17, 15) is 14.4 Å². The van der Waals surface area contributed by atoms with Crippen LogP contribution in [0, 0.1) is 37.5 Å². The highest BCUT2D eigenvalue weighted by Gasteiger charge is 2.67. The monoisotopic (exact) mass is 482 g/mol. The summed E-state index contributed by atoms with van der Waals surface area (Å²) in [5.41, 5.74) is 3.97. The number of aryl methyl sites for hydroxylation is 2. The number of esters is 1. The summed E-state index contributed by atoms with van der Waals surface area (Å²) in [5.74, 6) is -1.27. The van der Waals surface area contributed by atoms with Gasteiger partial charge in [-0.25, -0.2) is 0 Å². The Morgan fingerprint density at radius 3 is 2.55 bits per heavy atom. The molecule has 160 valence electrons. The maximum absolute atomic E-state index is 13.1. The summed E-state index contributed by atoms with van der Waals surface area (Å²) in [7, 11) is 0. The van der Waals surface area contributed by atoms with Crippen LogP contribution in [0.3, 0.4) is 0 Å². The summed E-state index contributed by atoms with van der Waals surface area (Å²) < 4.78 is 5.49. The summed E-state index contributed by atoms with van der Waals surface area (Å²) >= 11 is 3.63. The van der Waals surface area contributed by atoms with Crippen molar-refractivity contribution < 1.29 is 19.1 Å². The topological polar surface area (TPSA) is 84.5 Å². The van der Waals surface area contributed by atoms with Crippen LogP contribution < -0.4 is 10.6 Å². The predicted molar refractivity (Wildman–Crippen MR) is 120 cm³/mol. The van der Waals surface area contributed by atoms with Crippen molar-refractivity contribution >= 4 is 45.1 Å². The van der Waals surface area contributed by atoms with Crippen LogP contribution in [-0.4, -0.2) is 28.7 Å². The molecule has 0 spiro atoms. The third-order valence-electron chi connectivity index (χ3n) is 6.98. The molecule has 2 saturated carbocycles. The minimum Gasteiger partial charge on any atom is -0.461 e. The number of carbonyl (C=O) groups is 3. The number of rotatable bonds is 4. The molecule has 7 heteroatoms. The second-order valence-electron chi connectivity index (χ2n) is 8.78. The molecule has 0 aromatic heterocycles. The summed E-state index contributed by atoms with van der Waals surface area (Å²) in [6.07, 6.45) is 0.719. The lowest BCUT2D eigenvalue weighted by Gasteiger charge is -2.27. The molecule has 2 aromatic rings. The van der Waals surface area contributed by atoms with Gasteiger partial charge in [-0.2, -0.15) is 0 Å². The molecule has 6 atom stereocenters. The van der Waals surface area contributed by atoms with Gasteiger partial charge in [0, 0.05) is 22.9 Å². The first-order valence-corrected chi connectivity index (χ1v) is 11.4. The number of ether oxygens (including phenoxy) is 1. The number of alkyl halides is 1. The van der Waals surface area contributed by atoms with Gasteiger partial charge in [-0.05, 0) is 67.6 Å². The molecule has 6 nitrogen and oxygen atoms in total. The average Bonchev–Trinajstić information content (AvgIpc) is 3.35. The molecule has 2 bridgehead atoms. The molecule has 2 aromatic carbocycles. The molecular formula is C24H23BrN2O4. The second kappa shape index (κ2) is 7.48. The minimum atomic E-state index is -0.409. The Hall–Kier alpha value is -2.67. The maximum atomic E-state index is 13.1. The fourth-order valence-corrected chi connectivity index (χ4v) is 6.36. The Morgan fingerprint density at radius 1 is 1.00 bits per heavy atom. The van der Waals surface area contributed by atoms with Gasteiger partial charge >= 0.3 is 5.97 Å². The SMILES string of the molecule is Cc1ccc(NC(=O)c2cccc(NC(=O)[C@@H]3[C@H]4C[C@H]5[C@H](OC(=O)[C@@H]53)[C@H]4Br)c2)cc1C. The number of hydrogen-bond acceptors (Lipinski definition) is 4. The van der Waals surface area contributed by atoms with Gasteiger partial charge < -0.3 is 15.4 Å². The number of halogens is 1. The first-order valence-electron chi connectivity index (χ1n) is 10.5. The Bertz CT molecular complexity index is 1100. The smallest absolute Gasteiger partial charge is 0.310 e. The number of carbonyl (C=O) groups excluding carboxylic acids is 3. The van der Waals surface area contributed by atoms with E-state index in [-0.39, 0.29) is 46.5 Å². The minimum absolute atomic E-state index is 0.0195. The molecule has 2 amide bonds. The molecular weight excluding hydrogens is 460 g/mol. The zero-order valence-corrected chi connectivity index (χ0v) is 18.8. The van der Waals surface area contributed by atoms with E-state index in [1.54, 1.807) is 24.3 Å². The lowest BCUT2D eigenvalue weighted by atomic mass is 9.79. The Morgan fingerprint density at radius 2 is 1.77 bits per heavy atom. The van der Waals surface area contributed by atoms with Crippen molar-refractivity contribution in [2.45, 2.75) is 31.2 Å². The van der Waals surface area contributed by atoms with Gasteiger partial charge in [0.15, 0.2) is 0 Å². The predicted octanol–water partition coefficient (Wildman–Crippen LogP) is 4.07. The number of fused-ring (bicyclic) bond motifs is 1. The van der Waals surface area contributed by atoms with Crippen LogP contribution in [0.4, 0.5) is 11.4 Å². The fraction of sp³-hybridized carbons (Fsp3) is 0.375. The summed E-state index contributed by atoms with van der Waals surface area (Å²) in [5, 5.41) is 5.82. The number of anilines is 2. The van der Waals surface area contributed by atoms with Gasteiger partial charge in [0.25, 0.3) is 5.91 Å². The average molecular weight is 483 g/mol. The van der Waals surface area contributed by atoms with Crippen LogP contribution in [0.25, 0.3) is 0 Å². The number of hydrogen-bond donors (Lipinski definition) is 2. The molecule has 1 aliphatic heterocycles. The van der Waals surface area contributed by atoms with Gasteiger partial charge in [0.05, 0.1) is 16.7 Å². The summed E-state index contributed by atoms with van der Waals surface area (Å²) in [4.78, 5) is 38.1. The van der Waals surface area contributed by atoms with Crippen LogP contribution in [-0.2, 0) is 14.3 Å². The van der Waals surface area contributed by atoms with E-state index in [4.69, 9.17) is 4.74 Å². The molecule has 5 rings (SSSR count). The van der Waals surface area contributed by atoms with Crippen LogP contribution in [0.2, 0.25) is 0 Å². The largest absolute Gasteiger partial charge is 0.461 e. The van der Waals surface area contributed by atoms with Crippen molar-refractivity contribution in [2.75, 3.05) is 10.6 Å². The fourth-order valence-electron chi connectivity index (χ4n) is 5.32.